The Bertz CT molecular complexity index is 778. The highest BCUT2D eigenvalue weighted by Crippen LogP contribution is 2.20. The average Bonchev–Trinajstić information content (AvgIpc) is 2.84. The van der Waals surface area contributed by atoms with Gasteiger partial charge in [0.2, 0.25) is 0 Å². The Hall–Kier alpha value is -2.00. The first-order chi connectivity index (χ1) is 15.3. The van der Waals surface area contributed by atoms with Gasteiger partial charge in [0.05, 0.1) is 13.7 Å². The van der Waals surface area contributed by atoms with Crippen molar-refractivity contribution in [2.75, 3.05) is 65.0 Å². The second-order valence-corrected chi connectivity index (χ2v) is 7.70. The molecule has 0 unspecified atom stereocenters. The highest BCUT2D eigenvalue weighted by Gasteiger charge is 2.19. The van der Waals surface area contributed by atoms with Crippen molar-refractivity contribution in [3.05, 3.63) is 60.2 Å². The molecule has 6 nitrogen and oxygen atoms in total. The number of benzene rings is 2. The maximum Gasteiger partial charge on any atom is 0.193 e. The summed E-state index contributed by atoms with van der Waals surface area (Å²) in [5.74, 6) is 1.90. The molecule has 0 atom stereocenters. The van der Waals surface area contributed by atoms with E-state index in [0.717, 1.165) is 76.9 Å². The van der Waals surface area contributed by atoms with Crippen LogP contribution in [-0.2, 0) is 11.2 Å². The minimum Gasteiger partial charge on any atom is -0.497 e. The van der Waals surface area contributed by atoms with Crippen LogP contribution >= 0.6 is 24.0 Å². The normalized spacial score (nSPS) is 14.1. The van der Waals surface area contributed by atoms with Crippen LogP contribution in [0.1, 0.15) is 18.4 Å². The van der Waals surface area contributed by atoms with E-state index in [-0.39, 0.29) is 24.0 Å². The molecule has 1 aliphatic heterocycles. The van der Waals surface area contributed by atoms with E-state index < -0.39 is 0 Å². The summed E-state index contributed by atoms with van der Waals surface area (Å²) in [5, 5.41) is 3.51. The van der Waals surface area contributed by atoms with Gasteiger partial charge in [-0.05, 0) is 49.1 Å². The molecule has 1 fully saturated rings. The quantitative estimate of drug-likeness (QED) is 0.209. The first-order valence-electron chi connectivity index (χ1n) is 11.3. The molecular weight excluding hydrogens is 515 g/mol. The average molecular weight is 553 g/mol. The highest BCUT2D eigenvalue weighted by molar-refractivity contribution is 14.0. The number of anilines is 1. The first kappa shape index (κ1) is 26.3. The molecule has 2 aromatic rings. The lowest BCUT2D eigenvalue weighted by atomic mass is 10.2. The minimum absolute atomic E-state index is 0. The van der Waals surface area contributed by atoms with Crippen molar-refractivity contribution in [2.45, 2.75) is 19.3 Å². The third-order valence-corrected chi connectivity index (χ3v) is 5.61. The van der Waals surface area contributed by atoms with Crippen molar-refractivity contribution in [2.24, 2.45) is 4.99 Å². The smallest absolute Gasteiger partial charge is 0.193 e. The molecule has 0 bridgehead atoms. The van der Waals surface area contributed by atoms with Crippen LogP contribution in [-0.4, -0.2) is 71.0 Å². The van der Waals surface area contributed by atoms with Gasteiger partial charge >= 0.3 is 0 Å². The summed E-state index contributed by atoms with van der Waals surface area (Å²) >= 11 is 0. The van der Waals surface area contributed by atoms with Crippen LogP contribution in [0.3, 0.4) is 0 Å². The monoisotopic (exact) mass is 552 g/mol. The van der Waals surface area contributed by atoms with Gasteiger partial charge in [0, 0.05) is 52.1 Å². The number of hydrogen-bond acceptors (Lipinski definition) is 4. The Morgan fingerprint density at radius 3 is 2.31 bits per heavy atom. The van der Waals surface area contributed by atoms with E-state index in [9.17, 15) is 0 Å². The van der Waals surface area contributed by atoms with Crippen LogP contribution in [0.15, 0.2) is 59.6 Å². The SMILES string of the molecule is CN=C(NCCCCOCCc1ccccc1)N1CCN(c2ccc(OC)cc2)CC1.I. The number of nitrogens with one attached hydrogen (secondary N) is 1. The van der Waals surface area contributed by atoms with Gasteiger partial charge in [0.1, 0.15) is 5.75 Å². The van der Waals surface area contributed by atoms with Crippen LogP contribution < -0.4 is 15.0 Å². The van der Waals surface area contributed by atoms with Crippen molar-refractivity contribution < 1.29 is 9.47 Å². The number of nitrogens with zero attached hydrogens (tertiary/aromatic N) is 3. The zero-order valence-electron chi connectivity index (χ0n) is 19.3. The van der Waals surface area contributed by atoms with E-state index >= 15 is 0 Å². The number of aliphatic imine (C=N–C) groups is 1. The number of rotatable bonds is 10. The maximum absolute atomic E-state index is 5.77. The summed E-state index contributed by atoms with van der Waals surface area (Å²) in [7, 11) is 3.57. The molecule has 0 spiro atoms. The number of methoxy groups -OCH3 is 1. The fourth-order valence-corrected chi connectivity index (χ4v) is 3.77. The lowest BCUT2D eigenvalue weighted by molar-refractivity contribution is 0.133. The molecule has 1 heterocycles. The van der Waals surface area contributed by atoms with Crippen LogP contribution in [0.25, 0.3) is 0 Å². The van der Waals surface area contributed by atoms with Gasteiger partial charge in [0.25, 0.3) is 0 Å². The maximum atomic E-state index is 5.77. The number of unbranched alkanes of at least 4 members (excludes halogenated alkanes) is 1. The van der Waals surface area contributed by atoms with Gasteiger partial charge in [-0.1, -0.05) is 30.3 Å². The Kier molecular flexibility index (Phi) is 12.3. The third-order valence-electron chi connectivity index (χ3n) is 5.61. The molecular formula is C25H37IN4O2. The summed E-state index contributed by atoms with van der Waals surface area (Å²) in [4.78, 5) is 9.23. The second kappa shape index (κ2) is 14.9. The first-order valence-corrected chi connectivity index (χ1v) is 11.3. The van der Waals surface area contributed by atoms with Gasteiger partial charge in [-0.2, -0.15) is 0 Å². The topological polar surface area (TPSA) is 49.3 Å². The molecule has 3 rings (SSSR count). The molecule has 0 amide bonds. The molecule has 2 aromatic carbocycles. The summed E-state index contributed by atoms with van der Waals surface area (Å²) in [5.41, 5.74) is 2.58. The number of guanidine groups is 1. The second-order valence-electron chi connectivity index (χ2n) is 7.70. The molecule has 0 aliphatic carbocycles. The van der Waals surface area contributed by atoms with Gasteiger partial charge in [-0.3, -0.25) is 4.99 Å². The highest BCUT2D eigenvalue weighted by atomic mass is 127. The molecule has 1 N–H and O–H groups in total. The Morgan fingerprint density at radius 1 is 0.938 bits per heavy atom. The van der Waals surface area contributed by atoms with Crippen molar-refractivity contribution in [3.8, 4) is 5.75 Å². The molecule has 7 heteroatoms. The summed E-state index contributed by atoms with van der Waals surface area (Å²) in [6.07, 6.45) is 3.12. The zero-order valence-corrected chi connectivity index (χ0v) is 21.7. The molecule has 1 saturated heterocycles. The molecule has 0 aromatic heterocycles. The fraction of sp³-hybridized carbons (Fsp3) is 0.480. The molecule has 176 valence electrons. The Morgan fingerprint density at radius 2 is 1.66 bits per heavy atom. The van der Waals surface area contributed by atoms with Crippen LogP contribution in [0, 0.1) is 0 Å². The molecule has 0 saturated carbocycles. The summed E-state index contributed by atoms with van der Waals surface area (Å²) in [6, 6.07) is 18.8. The standard InChI is InChI=1S/C25H36N4O2.HI/c1-26-25(27-15-6-7-20-31-21-14-22-8-4-3-5-9-22)29-18-16-28(17-19-29)23-10-12-24(30-2)13-11-23;/h3-5,8-13H,6-7,14-21H2,1-2H3,(H,26,27);1H. The molecule has 0 radical (unpaired) electrons. The van der Waals surface area contributed by atoms with Crippen molar-refractivity contribution >= 4 is 35.6 Å². The predicted octanol–water partition coefficient (Wildman–Crippen LogP) is 4.05. The van der Waals surface area contributed by atoms with Gasteiger partial charge in [-0.25, -0.2) is 0 Å². The van der Waals surface area contributed by atoms with E-state index in [2.05, 4.69) is 56.5 Å². The minimum atomic E-state index is 0. The van der Waals surface area contributed by atoms with Crippen LogP contribution in [0.5, 0.6) is 5.75 Å². The number of piperazine rings is 1. The van der Waals surface area contributed by atoms with E-state index in [1.807, 2.05) is 25.2 Å². The largest absolute Gasteiger partial charge is 0.497 e. The van der Waals surface area contributed by atoms with Crippen molar-refractivity contribution in [1.29, 1.82) is 0 Å². The van der Waals surface area contributed by atoms with Crippen LogP contribution in [0.4, 0.5) is 5.69 Å². The van der Waals surface area contributed by atoms with E-state index in [4.69, 9.17) is 9.47 Å². The van der Waals surface area contributed by atoms with Crippen LogP contribution in [0.2, 0.25) is 0 Å². The van der Waals surface area contributed by atoms with E-state index in [1.165, 1.54) is 11.3 Å². The predicted molar refractivity (Wildman–Crippen MR) is 144 cm³/mol. The lowest BCUT2D eigenvalue weighted by Crippen LogP contribution is -2.52. The Balaban J connectivity index is 0.00000363. The summed E-state index contributed by atoms with van der Waals surface area (Å²) < 4.78 is 11.0. The van der Waals surface area contributed by atoms with E-state index in [1.54, 1.807) is 7.11 Å². The van der Waals surface area contributed by atoms with Gasteiger partial charge in [0.15, 0.2) is 5.96 Å². The van der Waals surface area contributed by atoms with Gasteiger partial charge < -0.3 is 24.6 Å². The lowest BCUT2D eigenvalue weighted by Gasteiger charge is -2.37. The number of hydrogen-bond donors (Lipinski definition) is 1. The molecule has 1 aliphatic rings. The van der Waals surface area contributed by atoms with E-state index in [0.29, 0.717) is 0 Å². The Labute approximate surface area is 210 Å². The van der Waals surface area contributed by atoms with Gasteiger partial charge in [-0.15, -0.1) is 24.0 Å². The van der Waals surface area contributed by atoms with Crippen molar-refractivity contribution in [1.82, 2.24) is 10.2 Å². The van der Waals surface area contributed by atoms with Crippen molar-refractivity contribution in [3.63, 3.8) is 0 Å². The fourth-order valence-electron chi connectivity index (χ4n) is 3.77. The molecule has 32 heavy (non-hydrogen) atoms. The third kappa shape index (κ3) is 8.50. The number of ether oxygens (including phenoxy) is 2. The summed E-state index contributed by atoms with van der Waals surface area (Å²) in [6.45, 7) is 6.44. The zero-order chi connectivity index (χ0) is 21.7. The number of halogens is 1.